The summed E-state index contributed by atoms with van der Waals surface area (Å²) >= 11 is 8.27. The van der Waals surface area contributed by atoms with E-state index >= 15 is 0 Å². The SMILES string of the molecule is CC(C)C(N)CCN(C)C(=O)c1ccc(I)cc1Cl.Cl. The van der Waals surface area contributed by atoms with E-state index in [-0.39, 0.29) is 24.4 Å². The molecule has 0 fully saturated rings. The van der Waals surface area contributed by atoms with E-state index in [1.165, 1.54) is 0 Å². The molecule has 0 saturated carbocycles. The lowest BCUT2D eigenvalue weighted by Crippen LogP contribution is -2.34. The average molecular weight is 431 g/mol. The van der Waals surface area contributed by atoms with Gasteiger partial charge in [-0.25, -0.2) is 0 Å². The molecular formula is C14H21Cl2IN2O. The van der Waals surface area contributed by atoms with Gasteiger partial charge in [-0.2, -0.15) is 0 Å². The van der Waals surface area contributed by atoms with E-state index in [1.807, 2.05) is 6.07 Å². The molecule has 0 heterocycles. The van der Waals surface area contributed by atoms with Crippen LogP contribution in [0.1, 0.15) is 30.6 Å². The minimum Gasteiger partial charge on any atom is -0.342 e. The number of carbonyl (C=O) groups excluding carboxylic acids is 1. The van der Waals surface area contributed by atoms with E-state index < -0.39 is 0 Å². The molecule has 0 radical (unpaired) electrons. The second-order valence-corrected chi connectivity index (χ2v) is 6.70. The number of nitrogens with two attached hydrogens (primary N) is 1. The Balaban J connectivity index is 0.00000361. The first kappa shape index (κ1) is 20.0. The van der Waals surface area contributed by atoms with Gasteiger partial charge in [0.25, 0.3) is 5.91 Å². The lowest BCUT2D eigenvalue weighted by molar-refractivity contribution is 0.0789. The van der Waals surface area contributed by atoms with Crippen molar-refractivity contribution in [1.29, 1.82) is 0 Å². The van der Waals surface area contributed by atoms with Crippen molar-refractivity contribution >= 4 is 52.5 Å². The minimum atomic E-state index is -0.0580. The molecule has 0 aliphatic heterocycles. The van der Waals surface area contributed by atoms with Crippen molar-refractivity contribution < 1.29 is 4.79 Å². The number of carbonyl (C=O) groups is 1. The second-order valence-electron chi connectivity index (χ2n) is 5.05. The van der Waals surface area contributed by atoms with Gasteiger partial charge in [-0.3, -0.25) is 4.79 Å². The zero-order valence-corrected chi connectivity index (χ0v) is 15.6. The first-order valence-electron chi connectivity index (χ1n) is 6.29. The third-order valence-electron chi connectivity index (χ3n) is 3.16. The largest absolute Gasteiger partial charge is 0.342 e. The van der Waals surface area contributed by atoms with E-state index in [0.717, 1.165) is 9.99 Å². The van der Waals surface area contributed by atoms with Crippen molar-refractivity contribution in [2.24, 2.45) is 11.7 Å². The summed E-state index contributed by atoms with van der Waals surface area (Å²) in [6.45, 7) is 4.81. The van der Waals surface area contributed by atoms with E-state index in [2.05, 4.69) is 36.4 Å². The quantitative estimate of drug-likeness (QED) is 0.722. The predicted molar refractivity (Wildman–Crippen MR) is 95.8 cm³/mol. The maximum absolute atomic E-state index is 12.3. The van der Waals surface area contributed by atoms with Crippen LogP contribution in [-0.4, -0.2) is 30.4 Å². The van der Waals surface area contributed by atoms with Crippen LogP contribution in [0.25, 0.3) is 0 Å². The summed E-state index contributed by atoms with van der Waals surface area (Å²) in [7, 11) is 1.78. The molecule has 0 aliphatic rings. The molecule has 1 amide bonds. The van der Waals surface area contributed by atoms with Crippen LogP contribution < -0.4 is 5.73 Å². The fourth-order valence-electron chi connectivity index (χ4n) is 1.65. The third-order valence-corrected chi connectivity index (χ3v) is 4.15. The van der Waals surface area contributed by atoms with Gasteiger partial charge in [0.2, 0.25) is 0 Å². The summed E-state index contributed by atoms with van der Waals surface area (Å²) in [4.78, 5) is 13.9. The predicted octanol–water partition coefficient (Wildman–Crippen LogP) is 3.81. The molecule has 0 bridgehead atoms. The van der Waals surface area contributed by atoms with Crippen LogP contribution in [0.4, 0.5) is 0 Å². The summed E-state index contributed by atoms with van der Waals surface area (Å²) < 4.78 is 1.02. The molecule has 6 heteroatoms. The van der Waals surface area contributed by atoms with Gasteiger partial charge in [-0.15, -0.1) is 12.4 Å². The lowest BCUT2D eigenvalue weighted by Gasteiger charge is -2.22. The maximum Gasteiger partial charge on any atom is 0.255 e. The number of amides is 1. The normalized spacial score (nSPS) is 11.9. The zero-order chi connectivity index (χ0) is 14.6. The molecule has 0 saturated heterocycles. The van der Waals surface area contributed by atoms with Crippen LogP contribution in [0, 0.1) is 9.49 Å². The molecule has 0 aliphatic carbocycles. The standard InChI is InChI=1S/C14H20ClIN2O.ClH/c1-9(2)13(17)6-7-18(3)14(19)11-5-4-10(16)8-12(11)15;/h4-5,8-9,13H,6-7,17H2,1-3H3;1H. The summed E-state index contributed by atoms with van der Waals surface area (Å²) in [6.07, 6.45) is 0.794. The third kappa shape index (κ3) is 5.76. The van der Waals surface area contributed by atoms with Crippen LogP contribution in [0.3, 0.4) is 0 Å². The zero-order valence-electron chi connectivity index (χ0n) is 11.9. The van der Waals surface area contributed by atoms with Gasteiger partial charge in [0, 0.05) is 23.2 Å². The number of hydrogen-bond acceptors (Lipinski definition) is 2. The van der Waals surface area contributed by atoms with Crippen molar-refractivity contribution in [2.45, 2.75) is 26.3 Å². The van der Waals surface area contributed by atoms with Gasteiger partial charge < -0.3 is 10.6 Å². The van der Waals surface area contributed by atoms with Gasteiger partial charge in [-0.05, 0) is 53.1 Å². The Morgan fingerprint density at radius 1 is 1.45 bits per heavy atom. The van der Waals surface area contributed by atoms with Crippen molar-refractivity contribution in [3.63, 3.8) is 0 Å². The highest BCUT2D eigenvalue weighted by atomic mass is 127. The van der Waals surface area contributed by atoms with Gasteiger partial charge in [0.15, 0.2) is 0 Å². The smallest absolute Gasteiger partial charge is 0.255 e. The van der Waals surface area contributed by atoms with Crippen molar-refractivity contribution in [3.8, 4) is 0 Å². The summed E-state index contributed by atoms with van der Waals surface area (Å²) in [6, 6.07) is 5.56. The highest BCUT2D eigenvalue weighted by Crippen LogP contribution is 2.20. The van der Waals surface area contributed by atoms with Crippen LogP contribution in [0.5, 0.6) is 0 Å². The van der Waals surface area contributed by atoms with E-state index in [9.17, 15) is 4.79 Å². The molecule has 2 N–H and O–H groups in total. The molecule has 1 aromatic rings. The minimum absolute atomic E-state index is 0. The average Bonchev–Trinajstić information content (AvgIpc) is 2.34. The summed E-state index contributed by atoms with van der Waals surface area (Å²) in [5, 5.41) is 0.497. The van der Waals surface area contributed by atoms with Gasteiger partial charge >= 0.3 is 0 Å². The van der Waals surface area contributed by atoms with Gasteiger partial charge in [-0.1, -0.05) is 25.4 Å². The fourth-order valence-corrected chi connectivity index (χ4v) is 2.58. The second kappa shape index (κ2) is 9.07. The van der Waals surface area contributed by atoms with E-state index in [0.29, 0.717) is 23.0 Å². The lowest BCUT2D eigenvalue weighted by atomic mass is 10.0. The molecule has 3 nitrogen and oxygen atoms in total. The Morgan fingerprint density at radius 3 is 2.55 bits per heavy atom. The fraction of sp³-hybridized carbons (Fsp3) is 0.500. The first-order valence-corrected chi connectivity index (χ1v) is 7.74. The number of nitrogens with zero attached hydrogens (tertiary/aromatic N) is 1. The molecule has 1 rings (SSSR count). The molecule has 0 spiro atoms. The molecule has 1 aromatic carbocycles. The Morgan fingerprint density at radius 2 is 2.05 bits per heavy atom. The first-order chi connectivity index (χ1) is 8.82. The molecule has 1 atom stereocenters. The monoisotopic (exact) mass is 430 g/mol. The molecular weight excluding hydrogens is 410 g/mol. The van der Waals surface area contributed by atoms with Gasteiger partial charge in [0.1, 0.15) is 0 Å². The van der Waals surface area contributed by atoms with Crippen LogP contribution in [0.2, 0.25) is 5.02 Å². The number of hydrogen-bond donors (Lipinski definition) is 1. The summed E-state index contributed by atoms with van der Waals surface area (Å²) in [5.74, 6) is 0.364. The summed E-state index contributed by atoms with van der Waals surface area (Å²) in [5.41, 5.74) is 6.53. The van der Waals surface area contributed by atoms with Crippen LogP contribution >= 0.6 is 46.6 Å². The van der Waals surface area contributed by atoms with E-state index in [4.69, 9.17) is 17.3 Å². The number of benzene rings is 1. The molecule has 114 valence electrons. The van der Waals surface area contributed by atoms with Crippen molar-refractivity contribution in [1.82, 2.24) is 4.90 Å². The number of rotatable bonds is 5. The Kier molecular flexibility index (Phi) is 9.06. The molecule has 20 heavy (non-hydrogen) atoms. The molecule has 0 aromatic heterocycles. The van der Waals surface area contributed by atoms with Crippen molar-refractivity contribution in [3.05, 3.63) is 32.4 Å². The Bertz CT molecular complexity index is 455. The Labute approximate surface area is 145 Å². The van der Waals surface area contributed by atoms with Crippen LogP contribution in [0.15, 0.2) is 18.2 Å². The maximum atomic E-state index is 12.3. The number of halogens is 3. The van der Waals surface area contributed by atoms with E-state index in [1.54, 1.807) is 24.1 Å². The van der Waals surface area contributed by atoms with Crippen molar-refractivity contribution in [2.75, 3.05) is 13.6 Å². The molecule has 1 unspecified atom stereocenters. The van der Waals surface area contributed by atoms with Crippen LogP contribution in [-0.2, 0) is 0 Å². The highest BCUT2D eigenvalue weighted by molar-refractivity contribution is 14.1. The highest BCUT2D eigenvalue weighted by Gasteiger charge is 2.16. The Hall–Kier alpha value is -0.0400. The van der Waals surface area contributed by atoms with Gasteiger partial charge in [0.05, 0.1) is 10.6 Å². The topological polar surface area (TPSA) is 46.3 Å².